The zero-order chi connectivity index (χ0) is 22.1. The van der Waals surface area contributed by atoms with Crippen molar-refractivity contribution in [3.05, 3.63) is 89.7 Å². The zero-order valence-corrected chi connectivity index (χ0v) is 17.8. The van der Waals surface area contributed by atoms with Gasteiger partial charge in [0, 0.05) is 23.6 Å². The predicted octanol–water partition coefficient (Wildman–Crippen LogP) is 4.89. The average molecular weight is 418 g/mol. The van der Waals surface area contributed by atoms with Gasteiger partial charge in [-0.3, -0.25) is 9.78 Å². The Morgan fingerprint density at radius 3 is 2.35 bits per heavy atom. The molecule has 0 saturated carbocycles. The third kappa shape index (κ3) is 5.92. The summed E-state index contributed by atoms with van der Waals surface area (Å²) in [6, 6.07) is 17.8. The normalized spacial score (nSPS) is 10.4. The summed E-state index contributed by atoms with van der Waals surface area (Å²) in [5, 5.41) is 0. The van der Waals surface area contributed by atoms with Crippen molar-refractivity contribution in [1.82, 2.24) is 4.98 Å². The quantitative estimate of drug-likeness (QED) is 0.463. The lowest BCUT2D eigenvalue weighted by atomic mass is 10.1. The Hall–Kier alpha value is -3.67. The average Bonchev–Trinajstić information content (AvgIpc) is 2.82. The molecule has 0 unspecified atom stereocenters. The second kappa shape index (κ2) is 10.9. The number of anilines is 1. The van der Waals surface area contributed by atoms with Gasteiger partial charge in [0.15, 0.2) is 0 Å². The van der Waals surface area contributed by atoms with Gasteiger partial charge in [0.1, 0.15) is 5.75 Å². The molecular formula is C25H26N2O4. The fourth-order valence-electron chi connectivity index (χ4n) is 3.04. The highest BCUT2D eigenvalue weighted by atomic mass is 16.5. The van der Waals surface area contributed by atoms with Crippen molar-refractivity contribution in [1.29, 1.82) is 0 Å². The molecule has 1 amide bonds. The van der Waals surface area contributed by atoms with Crippen LogP contribution in [0.4, 0.5) is 5.69 Å². The van der Waals surface area contributed by atoms with Crippen molar-refractivity contribution in [2.45, 2.75) is 26.8 Å². The summed E-state index contributed by atoms with van der Waals surface area (Å²) < 4.78 is 10.7. The van der Waals surface area contributed by atoms with Crippen LogP contribution in [0.5, 0.6) is 5.75 Å². The van der Waals surface area contributed by atoms with Gasteiger partial charge in [-0.2, -0.15) is 0 Å². The van der Waals surface area contributed by atoms with E-state index in [4.69, 9.17) is 9.47 Å². The lowest BCUT2D eigenvalue weighted by Crippen LogP contribution is -2.30. The molecule has 160 valence electrons. The van der Waals surface area contributed by atoms with Crippen molar-refractivity contribution < 1.29 is 19.1 Å². The van der Waals surface area contributed by atoms with Gasteiger partial charge >= 0.3 is 5.97 Å². The number of carbonyl (C=O) groups excluding carboxylic acids is 2. The van der Waals surface area contributed by atoms with E-state index in [-0.39, 0.29) is 11.9 Å². The molecule has 0 saturated heterocycles. The number of ether oxygens (including phenoxy) is 2. The summed E-state index contributed by atoms with van der Waals surface area (Å²) >= 11 is 0. The van der Waals surface area contributed by atoms with E-state index in [1.165, 1.54) is 0 Å². The van der Waals surface area contributed by atoms with Crippen LogP contribution in [-0.4, -0.2) is 30.1 Å². The first-order chi connectivity index (χ1) is 15.1. The summed E-state index contributed by atoms with van der Waals surface area (Å²) in [4.78, 5) is 31.1. The van der Waals surface area contributed by atoms with Gasteiger partial charge in [-0.05, 0) is 73.5 Å². The highest BCUT2D eigenvalue weighted by Crippen LogP contribution is 2.23. The molecule has 2 aromatic carbocycles. The number of benzene rings is 2. The molecule has 0 N–H and O–H groups in total. The molecule has 0 aliphatic rings. The van der Waals surface area contributed by atoms with Gasteiger partial charge in [0.2, 0.25) is 0 Å². The number of amides is 1. The van der Waals surface area contributed by atoms with Gasteiger partial charge in [-0.15, -0.1) is 0 Å². The second-order valence-electron chi connectivity index (χ2n) is 6.89. The Labute approximate surface area is 182 Å². The number of carbonyl (C=O) groups is 2. The van der Waals surface area contributed by atoms with Crippen LogP contribution in [0.1, 0.15) is 46.5 Å². The number of nitrogens with zero attached hydrogens (tertiary/aromatic N) is 2. The molecule has 31 heavy (non-hydrogen) atoms. The summed E-state index contributed by atoms with van der Waals surface area (Å²) in [7, 11) is 0. The van der Waals surface area contributed by atoms with Crippen molar-refractivity contribution in [2.24, 2.45) is 0 Å². The van der Waals surface area contributed by atoms with Gasteiger partial charge in [0.05, 0.1) is 25.3 Å². The molecule has 0 aliphatic heterocycles. The van der Waals surface area contributed by atoms with E-state index in [1.807, 2.05) is 31.2 Å². The maximum absolute atomic E-state index is 13.5. The first-order valence-electron chi connectivity index (χ1n) is 10.3. The molecule has 0 fully saturated rings. The molecule has 0 radical (unpaired) electrons. The number of hydrogen-bond donors (Lipinski definition) is 0. The number of pyridine rings is 1. The summed E-state index contributed by atoms with van der Waals surface area (Å²) in [6.07, 6.45) is 4.28. The van der Waals surface area contributed by atoms with Gasteiger partial charge in [0.25, 0.3) is 5.91 Å². The van der Waals surface area contributed by atoms with Crippen molar-refractivity contribution in [3.63, 3.8) is 0 Å². The van der Waals surface area contributed by atoms with Crippen molar-refractivity contribution >= 4 is 17.6 Å². The molecule has 0 aliphatic carbocycles. The van der Waals surface area contributed by atoms with Crippen LogP contribution in [0.15, 0.2) is 73.1 Å². The highest BCUT2D eigenvalue weighted by molar-refractivity contribution is 6.06. The molecule has 1 aromatic heterocycles. The molecule has 0 spiro atoms. The minimum absolute atomic E-state index is 0.164. The molecule has 3 aromatic rings. The van der Waals surface area contributed by atoms with Gasteiger partial charge in [-0.1, -0.05) is 13.0 Å². The van der Waals surface area contributed by atoms with Crippen LogP contribution in [0.25, 0.3) is 0 Å². The molecule has 0 bridgehead atoms. The molecule has 1 heterocycles. The van der Waals surface area contributed by atoms with E-state index < -0.39 is 0 Å². The van der Waals surface area contributed by atoms with E-state index in [1.54, 1.807) is 60.6 Å². The maximum Gasteiger partial charge on any atom is 0.338 e. The second-order valence-corrected chi connectivity index (χ2v) is 6.89. The van der Waals surface area contributed by atoms with E-state index in [9.17, 15) is 9.59 Å². The minimum Gasteiger partial charge on any atom is -0.494 e. The maximum atomic E-state index is 13.5. The zero-order valence-electron chi connectivity index (χ0n) is 17.8. The summed E-state index contributed by atoms with van der Waals surface area (Å²) in [5.41, 5.74) is 2.58. The first-order valence-corrected chi connectivity index (χ1v) is 10.3. The Morgan fingerprint density at radius 1 is 0.935 bits per heavy atom. The third-order valence-corrected chi connectivity index (χ3v) is 4.58. The van der Waals surface area contributed by atoms with Crippen LogP contribution >= 0.6 is 0 Å². The standard InChI is InChI=1S/C25H26N2O4/c1-3-16-31-23-7-5-6-21(17-23)24(28)27(18-19-12-14-26-15-13-19)22-10-8-20(9-11-22)25(29)30-4-2/h5-15,17H,3-4,16,18H2,1-2H3. The lowest BCUT2D eigenvalue weighted by molar-refractivity contribution is 0.0526. The fraction of sp³-hybridized carbons (Fsp3) is 0.240. The van der Waals surface area contributed by atoms with E-state index in [2.05, 4.69) is 4.98 Å². The van der Waals surface area contributed by atoms with E-state index in [0.717, 1.165) is 12.0 Å². The number of aromatic nitrogens is 1. The topological polar surface area (TPSA) is 68.7 Å². The Kier molecular flexibility index (Phi) is 7.76. The smallest absolute Gasteiger partial charge is 0.338 e. The van der Waals surface area contributed by atoms with Gasteiger partial charge in [-0.25, -0.2) is 4.79 Å². The monoisotopic (exact) mass is 418 g/mol. The van der Waals surface area contributed by atoms with Crippen LogP contribution in [0, 0.1) is 0 Å². The SMILES string of the molecule is CCCOc1cccc(C(=O)N(Cc2ccncc2)c2ccc(C(=O)OCC)cc2)c1. The molecule has 3 rings (SSSR count). The van der Waals surface area contributed by atoms with Crippen molar-refractivity contribution in [2.75, 3.05) is 18.1 Å². The molecule has 0 atom stereocenters. The number of rotatable bonds is 9. The number of esters is 1. The lowest BCUT2D eigenvalue weighted by Gasteiger charge is -2.23. The number of hydrogen-bond acceptors (Lipinski definition) is 5. The molecule has 6 heteroatoms. The van der Waals surface area contributed by atoms with E-state index >= 15 is 0 Å². The van der Waals surface area contributed by atoms with E-state index in [0.29, 0.717) is 42.3 Å². The predicted molar refractivity (Wildman–Crippen MR) is 119 cm³/mol. The van der Waals surface area contributed by atoms with Crippen LogP contribution in [0.3, 0.4) is 0 Å². The molecule has 6 nitrogen and oxygen atoms in total. The Bertz CT molecular complexity index is 1000. The largest absolute Gasteiger partial charge is 0.494 e. The Morgan fingerprint density at radius 2 is 1.68 bits per heavy atom. The summed E-state index contributed by atoms with van der Waals surface area (Å²) in [6.45, 7) is 5.06. The van der Waals surface area contributed by atoms with Gasteiger partial charge < -0.3 is 14.4 Å². The van der Waals surface area contributed by atoms with Crippen LogP contribution in [-0.2, 0) is 11.3 Å². The third-order valence-electron chi connectivity index (χ3n) is 4.58. The molecular weight excluding hydrogens is 392 g/mol. The highest BCUT2D eigenvalue weighted by Gasteiger charge is 2.19. The van der Waals surface area contributed by atoms with Crippen molar-refractivity contribution in [3.8, 4) is 5.75 Å². The first kappa shape index (κ1) is 22.0. The fourth-order valence-corrected chi connectivity index (χ4v) is 3.04. The Balaban J connectivity index is 1.91. The minimum atomic E-state index is -0.387. The van der Waals surface area contributed by atoms with Crippen LogP contribution < -0.4 is 9.64 Å². The summed E-state index contributed by atoms with van der Waals surface area (Å²) in [5.74, 6) is 0.110. The van der Waals surface area contributed by atoms with Crippen LogP contribution in [0.2, 0.25) is 0 Å².